The number of pyridine rings is 1. The third-order valence-electron chi connectivity index (χ3n) is 4.89. The third-order valence-corrected chi connectivity index (χ3v) is 4.89. The van der Waals surface area contributed by atoms with E-state index >= 15 is 0 Å². The van der Waals surface area contributed by atoms with E-state index in [1.165, 1.54) is 24.8 Å². The van der Waals surface area contributed by atoms with Crippen LogP contribution in [0, 0.1) is 0 Å². The Morgan fingerprint density at radius 2 is 2.24 bits per heavy atom. The van der Waals surface area contributed by atoms with Gasteiger partial charge in [-0.1, -0.05) is 12.5 Å². The number of aromatic nitrogens is 1. The molecule has 0 spiro atoms. The van der Waals surface area contributed by atoms with E-state index in [0.29, 0.717) is 18.3 Å². The monoisotopic (exact) mass is 289 g/mol. The fourth-order valence-corrected chi connectivity index (χ4v) is 2.87. The molecular formula is C16H23N3O2. The van der Waals surface area contributed by atoms with Crippen molar-refractivity contribution in [2.75, 3.05) is 11.9 Å². The number of nitrogens with one attached hydrogen (secondary N) is 2. The van der Waals surface area contributed by atoms with Gasteiger partial charge in [-0.05, 0) is 50.7 Å². The first-order valence-electron chi connectivity index (χ1n) is 7.73. The average Bonchev–Trinajstić information content (AvgIpc) is 2.69. The van der Waals surface area contributed by atoms with Crippen LogP contribution in [0.5, 0.6) is 0 Å². The number of amides is 2. The predicted molar refractivity (Wildman–Crippen MR) is 81.4 cm³/mol. The van der Waals surface area contributed by atoms with E-state index in [0.717, 1.165) is 6.42 Å². The summed E-state index contributed by atoms with van der Waals surface area (Å²) < 4.78 is 5.52. The highest BCUT2D eigenvalue weighted by Gasteiger charge is 2.38. The first kappa shape index (κ1) is 14.3. The first-order valence-corrected chi connectivity index (χ1v) is 7.73. The molecule has 0 bridgehead atoms. The van der Waals surface area contributed by atoms with Gasteiger partial charge in [0.15, 0.2) is 0 Å². The maximum atomic E-state index is 12.1. The Bertz CT molecular complexity index is 513. The summed E-state index contributed by atoms with van der Waals surface area (Å²) in [5.74, 6) is 1.25. The van der Waals surface area contributed by atoms with Crippen LogP contribution in [0.1, 0.15) is 51.0 Å². The summed E-state index contributed by atoms with van der Waals surface area (Å²) in [4.78, 5) is 16.4. The number of anilines is 1. The van der Waals surface area contributed by atoms with Crippen molar-refractivity contribution in [2.24, 2.45) is 0 Å². The van der Waals surface area contributed by atoms with Crippen LogP contribution < -0.4 is 10.6 Å². The standard InChI is InChI=1S/C16H23N3O2/c1-11-16(2,8-9-21-11)19-15(20)18-14-7-6-13(10-17-14)12-4-3-5-12/h6-7,10-12H,3-5,8-9H2,1-2H3,(H2,17,18,19,20). The molecule has 3 rings (SSSR count). The Morgan fingerprint density at radius 1 is 1.43 bits per heavy atom. The van der Waals surface area contributed by atoms with Gasteiger partial charge < -0.3 is 10.1 Å². The van der Waals surface area contributed by atoms with Gasteiger partial charge in [0.2, 0.25) is 0 Å². The smallest absolute Gasteiger partial charge is 0.320 e. The van der Waals surface area contributed by atoms with E-state index in [9.17, 15) is 4.79 Å². The van der Waals surface area contributed by atoms with Crippen LogP contribution in [-0.4, -0.2) is 29.3 Å². The van der Waals surface area contributed by atoms with Gasteiger partial charge in [0.05, 0.1) is 11.6 Å². The minimum absolute atomic E-state index is 0.0252. The second-order valence-electron chi connectivity index (χ2n) is 6.36. The molecule has 1 aromatic heterocycles. The van der Waals surface area contributed by atoms with Gasteiger partial charge in [0, 0.05) is 12.8 Å². The minimum atomic E-state index is -0.310. The van der Waals surface area contributed by atoms with Crippen molar-refractivity contribution in [3.05, 3.63) is 23.9 Å². The molecule has 0 radical (unpaired) electrons. The normalized spacial score (nSPS) is 29.0. The fourth-order valence-electron chi connectivity index (χ4n) is 2.87. The molecule has 2 N–H and O–H groups in total. The van der Waals surface area contributed by atoms with E-state index in [-0.39, 0.29) is 17.7 Å². The van der Waals surface area contributed by atoms with Crippen LogP contribution in [0.25, 0.3) is 0 Å². The molecule has 1 aliphatic carbocycles. The molecule has 5 heteroatoms. The molecule has 2 unspecified atom stereocenters. The van der Waals surface area contributed by atoms with Crippen LogP contribution in [0.3, 0.4) is 0 Å². The van der Waals surface area contributed by atoms with Gasteiger partial charge in [-0.3, -0.25) is 5.32 Å². The zero-order valence-electron chi connectivity index (χ0n) is 12.7. The van der Waals surface area contributed by atoms with Crippen LogP contribution >= 0.6 is 0 Å². The Balaban J connectivity index is 1.57. The molecule has 1 aliphatic heterocycles. The van der Waals surface area contributed by atoms with Gasteiger partial charge in [-0.25, -0.2) is 9.78 Å². The number of rotatable bonds is 3. The Labute approximate surface area is 125 Å². The fraction of sp³-hybridized carbons (Fsp3) is 0.625. The molecule has 114 valence electrons. The minimum Gasteiger partial charge on any atom is -0.376 e. The van der Waals surface area contributed by atoms with Crippen molar-refractivity contribution in [1.29, 1.82) is 0 Å². The second-order valence-corrected chi connectivity index (χ2v) is 6.36. The van der Waals surface area contributed by atoms with Crippen LogP contribution in [0.15, 0.2) is 18.3 Å². The molecule has 2 amide bonds. The second kappa shape index (κ2) is 5.64. The van der Waals surface area contributed by atoms with Crippen LogP contribution in [0.4, 0.5) is 10.6 Å². The summed E-state index contributed by atoms with van der Waals surface area (Å²) in [6, 6.07) is 3.72. The topological polar surface area (TPSA) is 63.2 Å². The maximum absolute atomic E-state index is 12.1. The van der Waals surface area contributed by atoms with Gasteiger partial charge in [0.25, 0.3) is 0 Å². The van der Waals surface area contributed by atoms with Gasteiger partial charge >= 0.3 is 6.03 Å². The Morgan fingerprint density at radius 3 is 2.76 bits per heavy atom. The first-order chi connectivity index (χ1) is 10.1. The van der Waals surface area contributed by atoms with Crippen LogP contribution in [-0.2, 0) is 4.74 Å². The lowest BCUT2D eigenvalue weighted by atomic mass is 9.81. The summed E-state index contributed by atoms with van der Waals surface area (Å²) in [7, 11) is 0. The van der Waals surface area contributed by atoms with Gasteiger partial charge in [-0.15, -0.1) is 0 Å². The lowest BCUT2D eigenvalue weighted by Crippen LogP contribution is -2.52. The summed E-state index contributed by atoms with van der Waals surface area (Å²) in [5, 5.41) is 5.80. The molecule has 1 saturated carbocycles. The highest BCUT2D eigenvalue weighted by Crippen LogP contribution is 2.36. The maximum Gasteiger partial charge on any atom is 0.320 e. The van der Waals surface area contributed by atoms with E-state index in [1.807, 2.05) is 26.1 Å². The van der Waals surface area contributed by atoms with Gasteiger partial charge in [0.1, 0.15) is 5.82 Å². The van der Waals surface area contributed by atoms with E-state index in [1.54, 1.807) is 0 Å². The van der Waals surface area contributed by atoms with Crippen LogP contribution in [0.2, 0.25) is 0 Å². The number of nitrogens with zero attached hydrogens (tertiary/aromatic N) is 1. The summed E-state index contributed by atoms with van der Waals surface area (Å²) >= 11 is 0. The Kier molecular flexibility index (Phi) is 3.85. The summed E-state index contributed by atoms with van der Waals surface area (Å²) in [6.07, 6.45) is 6.55. The lowest BCUT2D eigenvalue weighted by Gasteiger charge is -2.28. The zero-order valence-corrected chi connectivity index (χ0v) is 12.7. The van der Waals surface area contributed by atoms with Crippen molar-refractivity contribution in [3.8, 4) is 0 Å². The number of hydrogen-bond acceptors (Lipinski definition) is 3. The quantitative estimate of drug-likeness (QED) is 0.899. The lowest BCUT2D eigenvalue weighted by molar-refractivity contribution is 0.0920. The van der Waals surface area contributed by atoms with Gasteiger partial charge in [-0.2, -0.15) is 0 Å². The summed E-state index contributed by atoms with van der Waals surface area (Å²) in [6.45, 7) is 4.68. The molecule has 5 nitrogen and oxygen atoms in total. The summed E-state index contributed by atoms with van der Waals surface area (Å²) in [5.41, 5.74) is 0.965. The van der Waals surface area contributed by atoms with Crippen molar-refractivity contribution in [2.45, 2.75) is 57.1 Å². The molecule has 1 aromatic rings. The highest BCUT2D eigenvalue weighted by molar-refractivity contribution is 5.88. The van der Waals surface area contributed by atoms with Crippen molar-refractivity contribution < 1.29 is 9.53 Å². The molecular weight excluding hydrogens is 266 g/mol. The van der Waals surface area contributed by atoms with E-state index in [2.05, 4.69) is 21.7 Å². The number of hydrogen-bond donors (Lipinski definition) is 2. The molecule has 0 aromatic carbocycles. The van der Waals surface area contributed by atoms with Crippen molar-refractivity contribution >= 4 is 11.8 Å². The molecule has 1 saturated heterocycles. The number of urea groups is 1. The number of ether oxygens (including phenoxy) is 1. The van der Waals surface area contributed by atoms with Crippen molar-refractivity contribution in [3.63, 3.8) is 0 Å². The SMILES string of the molecule is CC1OCCC1(C)NC(=O)Nc1ccc(C2CCC2)cn1. The average molecular weight is 289 g/mol. The van der Waals surface area contributed by atoms with E-state index in [4.69, 9.17) is 4.74 Å². The van der Waals surface area contributed by atoms with Crippen molar-refractivity contribution in [1.82, 2.24) is 10.3 Å². The third kappa shape index (κ3) is 3.02. The number of carbonyl (C=O) groups is 1. The molecule has 21 heavy (non-hydrogen) atoms. The Hall–Kier alpha value is -1.62. The highest BCUT2D eigenvalue weighted by atomic mass is 16.5. The predicted octanol–water partition coefficient (Wildman–Crippen LogP) is 3.04. The molecule has 2 aliphatic rings. The largest absolute Gasteiger partial charge is 0.376 e. The van der Waals surface area contributed by atoms with E-state index < -0.39 is 0 Å². The number of carbonyl (C=O) groups excluding carboxylic acids is 1. The molecule has 2 atom stereocenters. The molecule has 2 fully saturated rings. The zero-order chi connectivity index (χ0) is 14.9. The molecule has 2 heterocycles.